The van der Waals surface area contributed by atoms with Gasteiger partial charge in [0.05, 0.1) is 13.2 Å². The third-order valence-electron chi connectivity index (χ3n) is 4.85. The van der Waals surface area contributed by atoms with E-state index in [4.69, 9.17) is 10.5 Å². The molecule has 0 spiro atoms. The fraction of sp³-hybridized carbons (Fsp3) is 0.375. The van der Waals surface area contributed by atoms with Gasteiger partial charge in [-0.3, -0.25) is 9.59 Å². The highest BCUT2D eigenvalue weighted by Gasteiger charge is 2.15. The molecule has 0 saturated carbocycles. The standard InChI is InChI=1S/C24H31N3O5.ClH/c1-17-7-5-8-18(15-17)16-32-24(30)26-14-6-10-20(25)23(29)27-21-11-4-3-9-19(21)12-13-22(28)31-2;/h3-5,7-9,11,15,20H,6,10,12-14,16,25H2,1-2H3,(H,26,30)(H,27,29);1H/t20-;/m0./s1. The number of carbonyl (C=O) groups excluding carboxylic acids is 3. The van der Waals surface area contributed by atoms with Crippen LogP contribution in [0.15, 0.2) is 48.5 Å². The first-order valence-electron chi connectivity index (χ1n) is 10.6. The number of aryl methyl sites for hydroxylation is 2. The molecule has 0 radical (unpaired) electrons. The number of carbonyl (C=O) groups is 3. The summed E-state index contributed by atoms with van der Waals surface area (Å²) in [7, 11) is 1.34. The van der Waals surface area contributed by atoms with E-state index in [1.165, 1.54) is 7.11 Å². The van der Waals surface area contributed by atoms with Gasteiger partial charge in [0.15, 0.2) is 0 Å². The molecule has 0 heterocycles. The van der Waals surface area contributed by atoms with Crippen molar-refractivity contribution in [1.82, 2.24) is 5.32 Å². The number of alkyl carbamates (subject to hydrolysis) is 1. The molecule has 180 valence electrons. The molecule has 0 saturated heterocycles. The first-order chi connectivity index (χ1) is 15.4. The van der Waals surface area contributed by atoms with Crippen LogP contribution in [0, 0.1) is 6.92 Å². The van der Waals surface area contributed by atoms with Gasteiger partial charge in [0, 0.05) is 18.7 Å². The molecule has 0 unspecified atom stereocenters. The van der Waals surface area contributed by atoms with E-state index >= 15 is 0 Å². The molecule has 0 aromatic heterocycles. The second-order valence-electron chi connectivity index (χ2n) is 7.46. The number of amides is 2. The number of nitrogens with one attached hydrogen (secondary N) is 2. The molecule has 2 aromatic carbocycles. The third kappa shape index (κ3) is 10.4. The van der Waals surface area contributed by atoms with Gasteiger partial charge in [0.2, 0.25) is 5.91 Å². The first kappa shape index (κ1) is 27.9. The Morgan fingerprint density at radius 3 is 2.58 bits per heavy atom. The van der Waals surface area contributed by atoms with Crippen LogP contribution in [0.25, 0.3) is 0 Å². The number of halogens is 1. The van der Waals surface area contributed by atoms with Crippen LogP contribution in [0.3, 0.4) is 0 Å². The van der Waals surface area contributed by atoms with Gasteiger partial charge in [-0.05, 0) is 43.4 Å². The fourth-order valence-electron chi connectivity index (χ4n) is 3.07. The number of ether oxygens (including phenoxy) is 2. The van der Waals surface area contributed by atoms with Crippen molar-refractivity contribution in [2.75, 3.05) is 19.0 Å². The monoisotopic (exact) mass is 477 g/mol. The van der Waals surface area contributed by atoms with Crippen molar-refractivity contribution in [3.63, 3.8) is 0 Å². The Labute approximate surface area is 200 Å². The lowest BCUT2D eigenvalue weighted by Gasteiger charge is -2.15. The van der Waals surface area contributed by atoms with Gasteiger partial charge in [0.1, 0.15) is 6.61 Å². The van der Waals surface area contributed by atoms with Crippen molar-refractivity contribution in [3.8, 4) is 0 Å². The second kappa shape index (κ2) is 14.9. The van der Waals surface area contributed by atoms with E-state index in [1.807, 2.05) is 43.3 Å². The molecule has 33 heavy (non-hydrogen) atoms. The lowest BCUT2D eigenvalue weighted by Crippen LogP contribution is -2.36. The van der Waals surface area contributed by atoms with Crippen molar-refractivity contribution < 1.29 is 23.9 Å². The normalized spacial score (nSPS) is 11.0. The Kier molecular flexibility index (Phi) is 12.6. The molecule has 0 aliphatic carbocycles. The number of para-hydroxylation sites is 1. The minimum Gasteiger partial charge on any atom is -0.469 e. The molecule has 2 aromatic rings. The zero-order valence-electron chi connectivity index (χ0n) is 19.0. The van der Waals surface area contributed by atoms with Gasteiger partial charge in [-0.1, -0.05) is 48.0 Å². The molecule has 0 aliphatic heterocycles. The van der Waals surface area contributed by atoms with E-state index in [0.717, 1.165) is 16.7 Å². The summed E-state index contributed by atoms with van der Waals surface area (Å²) in [5.41, 5.74) is 9.47. The van der Waals surface area contributed by atoms with Crippen LogP contribution in [0.2, 0.25) is 0 Å². The Morgan fingerprint density at radius 2 is 1.85 bits per heavy atom. The molecule has 8 nitrogen and oxygen atoms in total. The topological polar surface area (TPSA) is 120 Å². The maximum atomic E-state index is 12.4. The highest BCUT2D eigenvalue weighted by molar-refractivity contribution is 5.95. The number of benzene rings is 2. The molecule has 0 fully saturated rings. The minimum atomic E-state index is -0.728. The number of rotatable bonds is 11. The van der Waals surface area contributed by atoms with Gasteiger partial charge in [-0.2, -0.15) is 0 Å². The highest BCUT2D eigenvalue weighted by atomic mass is 35.5. The van der Waals surface area contributed by atoms with Crippen molar-refractivity contribution in [2.24, 2.45) is 5.73 Å². The number of hydrogen-bond donors (Lipinski definition) is 3. The highest BCUT2D eigenvalue weighted by Crippen LogP contribution is 2.17. The zero-order chi connectivity index (χ0) is 23.3. The van der Waals surface area contributed by atoms with Crippen LogP contribution in [-0.2, 0) is 32.1 Å². The summed E-state index contributed by atoms with van der Waals surface area (Å²) in [6.45, 7) is 2.53. The van der Waals surface area contributed by atoms with E-state index in [9.17, 15) is 14.4 Å². The number of methoxy groups -OCH3 is 1. The SMILES string of the molecule is COC(=O)CCc1ccccc1NC(=O)[C@@H](N)CCCNC(=O)OCc1cccc(C)c1.Cl. The molecule has 0 bridgehead atoms. The summed E-state index contributed by atoms with van der Waals surface area (Å²) in [4.78, 5) is 35.6. The Hall–Kier alpha value is -3.10. The molecule has 9 heteroatoms. The average molecular weight is 478 g/mol. The van der Waals surface area contributed by atoms with E-state index < -0.39 is 12.1 Å². The van der Waals surface area contributed by atoms with Crippen LogP contribution in [0.5, 0.6) is 0 Å². The Bertz CT molecular complexity index is 922. The van der Waals surface area contributed by atoms with Crippen LogP contribution in [0.4, 0.5) is 10.5 Å². The summed E-state index contributed by atoms with van der Waals surface area (Å²) in [5.74, 6) is -0.634. The maximum absolute atomic E-state index is 12.4. The van der Waals surface area contributed by atoms with Gasteiger partial charge in [-0.25, -0.2) is 4.79 Å². The third-order valence-corrected chi connectivity index (χ3v) is 4.85. The smallest absolute Gasteiger partial charge is 0.407 e. The summed E-state index contributed by atoms with van der Waals surface area (Å²) in [5, 5.41) is 5.48. The number of nitrogens with two attached hydrogens (primary N) is 1. The lowest BCUT2D eigenvalue weighted by molar-refractivity contribution is -0.140. The van der Waals surface area contributed by atoms with E-state index in [0.29, 0.717) is 31.5 Å². The molecule has 2 amide bonds. The first-order valence-corrected chi connectivity index (χ1v) is 10.6. The Balaban J connectivity index is 0.00000544. The van der Waals surface area contributed by atoms with Crippen LogP contribution < -0.4 is 16.4 Å². The maximum Gasteiger partial charge on any atom is 0.407 e. The fourth-order valence-corrected chi connectivity index (χ4v) is 3.07. The summed E-state index contributed by atoms with van der Waals surface area (Å²) < 4.78 is 9.84. The largest absolute Gasteiger partial charge is 0.469 e. The predicted octanol–water partition coefficient (Wildman–Crippen LogP) is 3.49. The van der Waals surface area contributed by atoms with Gasteiger partial charge in [0.25, 0.3) is 0 Å². The summed E-state index contributed by atoms with van der Waals surface area (Å²) in [6.07, 6.45) is 1.09. The van der Waals surface area contributed by atoms with Crippen molar-refractivity contribution in [2.45, 2.75) is 45.3 Å². The quantitative estimate of drug-likeness (QED) is 0.336. The van der Waals surface area contributed by atoms with E-state index in [2.05, 4.69) is 15.4 Å². The van der Waals surface area contributed by atoms with Crippen molar-refractivity contribution >= 4 is 36.1 Å². The van der Waals surface area contributed by atoms with Gasteiger partial charge in [-0.15, -0.1) is 12.4 Å². The van der Waals surface area contributed by atoms with Crippen LogP contribution in [0.1, 0.15) is 36.0 Å². The van der Waals surface area contributed by atoms with Gasteiger partial charge >= 0.3 is 12.1 Å². The minimum absolute atomic E-state index is 0. The van der Waals surface area contributed by atoms with Crippen molar-refractivity contribution in [1.29, 1.82) is 0 Å². The van der Waals surface area contributed by atoms with Crippen LogP contribution >= 0.6 is 12.4 Å². The van der Waals surface area contributed by atoms with Gasteiger partial charge < -0.3 is 25.8 Å². The Morgan fingerprint density at radius 1 is 1.09 bits per heavy atom. The number of hydrogen-bond acceptors (Lipinski definition) is 6. The van der Waals surface area contributed by atoms with E-state index in [-0.39, 0.29) is 37.3 Å². The number of anilines is 1. The average Bonchev–Trinajstić information content (AvgIpc) is 2.79. The second-order valence-corrected chi connectivity index (χ2v) is 7.46. The van der Waals surface area contributed by atoms with Crippen LogP contribution in [-0.4, -0.2) is 37.7 Å². The molecule has 1 atom stereocenters. The summed E-state index contributed by atoms with van der Waals surface area (Å²) in [6, 6.07) is 14.3. The predicted molar refractivity (Wildman–Crippen MR) is 129 cm³/mol. The number of esters is 1. The zero-order valence-corrected chi connectivity index (χ0v) is 19.8. The van der Waals surface area contributed by atoms with E-state index in [1.54, 1.807) is 12.1 Å². The molecular formula is C24H32ClN3O5. The lowest BCUT2D eigenvalue weighted by atomic mass is 10.1. The molecule has 0 aliphatic rings. The summed E-state index contributed by atoms with van der Waals surface area (Å²) >= 11 is 0. The molecule has 4 N–H and O–H groups in total. The molecule has 2 rings (SSSR count). The van der Waals surface area contributed by atoms with Crippen molar-refractivity contribution in [3.05, 3.63) is 65.2 Å². The molecular weight excluding hydrogens is 446 g/mol.